The van der Waals surface area contributed by atoms with Gasteiger partial charge in [-0.1, -0.05) is 11.6 Å². The second-order valence-corrected chi connectivity index (χ2v) is 7.12. The van der Waals surface area contributed by atoms with E-state index in [9.17, 15) is 19.8 Å². The molecule has 2 aromatic heterocycles. The standard InChI is InChI=1S/C18H22ClN5O5/c1-10(25)7-20-17-21-15-14(16(27)22-18(28)23(15)2)24(17)8-12(26)9-29-13-5-3-11(19)4-6-13/h3-6,10,12,25-26H,7-9H2,1-2H3,(H,20,21)(H,22,27,28). The highest BCUT2D eigenvalue weighted by Gasteiger charge is 2.20. The second kappa shape index (κ2) is 8.68. The zero-order valence-electron chi connectivity index (χ0n) is 15.9. The third-order valence-electron chi connectivity index (χ3n) is 4.21. The van der Waals surface area contributed by atoms with Crippen LogP contribution in [0.15, 0.2) is 33.9 Å². The molecular formula is C18H22ClN5O5. The predicted octanol–water partition coefficient (Wildman–Crippen LogP) is 0.309. The van der Waals surface area contributed by atoms with E-state index in [0.717, 1.165) is 0 Å². The van der Waals surface area contributed by atoms with Crippen LogP contribution in [0.2, 0.25) is 5.02 Å². The van der Waals surface area contributed by atoms with E-state index in [0.29, 0.717) is 10.8 Å². The number of hydrogen-bond donors (Lipinski definition) is 4. The summed E-state index contributed by atoms with van der Waals surface area (Å²) in [6.07, 6.45) is -1.64. The first-order chi connectivity index (χ1) is 13.8. The highest BCUT2D eigenvalue weighted by molar-refractivity contribution is 6.30. The van der Waals surface area contributed by atoms with Crippen LogP contribution in [-0.2, 0) is 13.6 Å². The molecule has 0 spiro atoms. The number of rotatable bonds is 8. The van der Waals surface area contributed by atoms with Crippen molar-refractivity contribution in [3.05, 3.63) is 50.1 Å². The minimum atomic E-state index is -0.980. The topological polar surface area (TPSA) is 134 Å². The normalized spacial score (nSPS) is 13.4. The Labute approximate surface area is 170 Å². The van der Waals surface area contributed by atoms with Crippen molar-refractivity contribution in [1.29, 1.82) is 0 Å². The number of aryl methyl sites for hydroxylation is 1. The fourth-order valence-electron chi connectivity index (χ4n) is 2.77. The lowest BCUT2D eigenvalue weighted by Gasteiger charge is -2.16. The monoisotopic (exact) mass is 423 g/mol. The van der Waals surface area contributed by atoms with Crippen LogP contribution in [0.5, 0.6) is 5.75 Å². The molecule has 10 nitrogen and oxygen atoms in total. The number of benzene rings is 1. The predicted molar refractivity (Wildman–Crippen MR) is 109 cm³/mol. The third-order valence-corrected chi connectivity index (χ3v) is 4.46. The van der Waals surface area contributed by atoms with E-state index in [4.69, 9.17) is 16.3 Å². The summed E-state index contributed by atoms with van der Waals surface area (Å²) in [4.78, 5) is 30.8. The summed E-state index contributed by atoms with van der Waals surface area (Å²) >= 11 is 5.84. The molecule has 4 N–H and O–H groups in total. The van der Waals surface area contributed by atoms with Crippen LogP contribution in [-0.4, -0.2) is 54.7 Å². The van der Waals surface area contributed by atoms with Gasteiger partial charge in [0.05, 0.1) is 12.6 Å². The average molecular weight is 424 g/mol. The fourth-order valence-corrected chi connectivity index (χ4v) is 2.90. The molecule has 0 aliphatic rings. The maximum absolute atomic E-state index is 12.4. The van der Waals surface area contributed by atoms with Gasteiger partial charge in [0.25, 0.3) is 5.56 Å². The summed E-state index contributed by atoms with van der Waals surface area (Å²) in [5.74, 6) is 0.787. The van der Waals surface area contributed by atoms with E-state index in [1.807, 2.05) is 0 Å². The first-order valence-electron chi connectivity index (χ1n) is 8.94. The van der Waals surface area contributed by atoms with Gasteiger partial charge in [-0.25, -0.2) is 4.79 Å². The maximum atomic E-state index is 12.4. The minimum absolute atomic E-state index is 0.0203. The number of imidazole rings is 1. The molecule has 0 aliphatic heterocycles. The summed E-state index contributed by atoms with van der Waals surface area (Å²) in [6.45, 7) is 1.71. The largest absolute Gasteiger partial charge is 0.491 e. The van der Waals surface area contributed by atoms with Crippen molar-refractivity contribution < 1.29 is 14.9 Å². The molecule has 11 heteroatoms. The Morgan fingerprint density at radius 3 is 2.62 bits per heavy atom. The Morgan fingerprint density at radius 2 is 1.97 bits per heavy atom. The molecule has 0 aliphatic carbocycles. The Kier molecular flexibility index (Phi) is 6.26. The highest BCUT2D eigenvalue weighted by Crippen LogP contribution is 2.18. The number of aliphatic hydroxyl groups is 2. The molecule has 1 aromatic carbocycles. The lowest BCUT2D eigenvalue weighted by atomic mass is 10.3. The Bertz CT molecular complexity index is 1100. The van der Waals surface area contributed by atoms with Gasteiger partial charge in [-0.05, 0) is 31.2 Å². The van der Waals surface area contributed by atoms with Gasteiger partial charge in [-0.3, -0.25) is 14.3 Å². The lowest BCUT2D eigenvalue weighted by molar-refractivity contribution is 0.0938. The van der Waals surface area contributed by atoms with Crippen LogP contribution in [0.3, 0.4) is 0 Å². The number of halogens is 1. The zero-order valence-corrected chi connectivity index (χ0v) is 16.7. The quantitative estimate of drug-likeness (QED) is 0.409. The van der Waals surface area contributed by atoms with E-state index in [1.165, 1.54) is 16.2 Å². The molecule has 2 unspecified atom stereocenters. The number of aromatic nitrogens is 4. The fraction of sp³-hybridized carbons (Fsp3) is 0.389. The first kappa shape index (κ1) is 20.9. The van der Waals surface area contributed by atoms with Crippen LogP contribution in [0.4, 0.5) is 5.95 Å². The highest BCUT2D eigenvalue weighted by atomic mass is 35.5. The van der Waals surface area contributed by atoms with Crippen molar-refractivity contribution in [2.75, 3.05) is 18.5 Å². The zero-order chi connectivity index (χ0) is 21.1. The summed E-state index contributed by atoms with van der Waals surface area (Å²) in [5, 5.41) is 23.5. The lowest BCUT2D eigenvalue weighted by Crippen LogP contribution is -2.31. The number of anilines is 1. The van der Waals surface area contributed by atoms with E-state index in [2.05, 4.69) is 15.3 Å². The third kappa shape index (κ3) is 4.78. The van der Waals surface area contributed by atoms with Crippen molar-refractivity contribution in [1.82, 2.24) is 19.1 Å². The molecule has 0 saturated carbocycles. The van der Waals surface area contributed by atoms with Gasteiger partial charge in [0.2, 0.25) is 5.95 Å². The number of H-pyrrole nitrogens is 1. The minimum Gasteiger partial charge on any atom is -0.491 e. The van der Waals surface area contributed by atoms with Crippen molar-refractivity contribution in [2.45, 2.75) is 25.7 Å². The SMILES string of the molecule is CC(O)CNc1nc2c(c(=O)[nH]c(=O)n2C)n1CC(O)COc1ccc(Cl)cc1. The van der Waals surface area contributed by atoms with Crippen LogP contribution in [0, 0.1) is 0 Å². The molecule has 0 bridgehead atoms. The van der Waals surface area contributed by atoms with Crippen molar-refractivity contribution in [3.8, 4) is 5.75 Å². The Balaban J connectivity index is 1.88. The number of hydrogen-bond acceptors (Lipinski definition) is 7. The van der Waals surface area contributed by atoms with Crippen molar-refractivity contribution in [2.24, 2.45) is 7.05 Å². The first-order valence-corrected chi connectivity index (χ1v) is 9.32. The Hall–Kier alpha value is -2.82. The second-order valence-electron chi connectivity index (χ2n) is 6.69. The van der Waals surface area contributed by atoms with E-state index in [1.54, 1.807) is 31.2 Å². The molecular weight excluding hydrogens is 402 g/mol. The molecule has 0 saturated heterocycles. The van der Waals surface area contributed by atoms with Crippen LogP contribution in [0.1, 0.15) is 6.92 Å². The molecule has 156 valence electrons. The van der Waals surface area contributed by atoms with Crippen molar-refractivity contribution in [3.63, 3.8) is 0 Å². The van der Waals surface area contributed by atoms with Gasteiger partial charge in [0, 0.05) is 18.6 Å². The number of nitrogens with zero attached hydrogens (tertiary/aromatic N) is 3. The average Bonchev–Trinajstić information content (AvgIpc) is 3.03. The van der Waals surface area contributed by atoms with Crippen LogP contribution < -0.4 is 21.3 Å². The van der Waals surface area contributed by atoms with Gasteiger partial charge in [0.1, 0.15) is 18.5 Å². The number of fused-ring (bicyclic) bond motifs is 1. The molecule has 0 radical (unpaired) electrons. The number of ether oxygens (including phenoxy) is 1. The number of aromatic amines is 1. The van der Waals surface area contributed by atoms with Gasteiger partial charge in [-0.2, -0.15) is 4.98 Å². The van der Waals surface area contributed by atoms with Gasteiger partial charge >= 0.3 is 5.69 Å². The molecule has 29 heavy (non-hydrogen) atoms. The summed E-state index contributed by atoms with van der Waals surface area (Å²) in [6, 6.07) is 6.70. The summed E-state index contributed by atoms with van der Waals surface area (Å²) in [7, 11) is 1.48. The van der Waals surface area contributed by atoms with Gasteiger partial charge in [0.15, 0.2) is 11.2 Å². The molecule has 2 atom stereocenters. The summed E-state index contributed by atoms with van der Waals surface area (Å²) < 4.78 is 8.22. The number of aliphatic hydroxyl groups excluding tert-OH is 2. The molecule has 0 amide bonds. The van der Waals surface area contributed by atoms with Gasteiger partial charge in [-0.15, -0.1) is 0 Å². The smallest absolute Gasteiger partial charge is 0.329 e. The molecule has 3 aromatic rings. The van der Waals surface area contributed by atoms with Crippen LogP contribution >= 0.6 is 11.6 Å². The van der Waals surface area contributed by atoms with Crippen LogP contribution in [0.25, 0.3) is 11.2 Å². The summed E-state index contributed by atoms with van der Waals surface area (Å²) in [5.41, 5.74) is -0.921. The van der Waals surface area contributed by atoms with E-state index in [-0.39, 0.29) is 36.8 Å². The number of nitrogens with one attached hydrogen (secondary N) is 2. The van der Waals surface area contributed by atoms with Gasteiger partial charge < -0.3 is 24.8 Å². The molecule has 2 heterocycles. The van der Waals surface area contributed by atoms with Crippen molar-refractivity contribution >= 4 is 28.7 Å². The van der Waals surface area contributed by atoms with E-state index >= 15 is 0 Å². The Morgan fingerprint density at radius 1 is 1.28 bits per heavy atom. The molecule has 0 fully saturated rings. The molecule has 3 rings (SSSR count). The maximum Gasteiger partial charge on any atom is 0.329 e. The van der Waals surface area contributed by atoms with E-state index < -0.39 is 23.5 Å².